The maximum absolute atomic E-state index is 13.3. The summed E-state index contributed by atoms with van der Waals surface area (Å²) in [6.07, 6.45) is 2.30. The lowest BCUT2D eigenvalue weighted by molar-refractivity contribution is -0.137. The van der Waals surface area contributed by atoms with Gasteiger partial charge < -0.3 is 14.8 Å². The molecule has 1 aliphatic carbocycles. The van der Waals surface area contributed by atoms with Gasteiger partial charge in [0.15, 0.2) is 17.3 Å². The van der Waals surface area contributed by atoms with Crippen LogP contribution in [0.4, 0.5) is 5.69 Å². The van der Waals surface area contributed by atoms with E-state index in [1.54, 1.807) is 19.9 Å². The van der Waals surface area contributed by atoms with E-state index in [1.165, 1.54) is 10.8 Å². The number of ether oxygens (including phenoxy) is 2. The smallest absolute Gasteiger partial charge is 0.313 e. The Kier molecular flexibility index (Phi) is 5.86. The third-order valence-electron chi connectivity index (χ3n) is 6.56. The summed E-state index contributed by atoms with van der Waals surface area (Å²) in [7, 11) is 0. The first kappa shape index (κ1) is 22.2. The molecule has 174 valence electrons. The number of carbonyl (C=O) groups is 2. The highest BCUT2D eigenvalue weighted by Gasteiger charge is 2.35. The van der Waals surface area contributed by atoms with Gasteiger partial charge in [-0.25, -0.2) is 0 Å². The largest absolute Gasteiger partial charge is 0.490 e. The Bertz CT molecular complexity index is 1320. The highest BCUT2D eigenvalue weighted by molar-refractivity contribution is 6.12. The zero-order valence-electron chi connectivity index (χ0n) is 19.8. The lowest BCUT2D eigenvalue weighted by atomic mass is 9.77. The van der Waals surface area contributed by atoms with E-state index in [9.17, 15) is 9.59 Å². The fourth-order valence-electron chi connectivity index (χ4n) is 4.94. The molecule has 0 radical (unpaired) electrons. The van der Waals surface area contributed by atoms with E-state index < -0.39 is 0 Å². The van der Waals surface area contributed by atoms with Gasteiger partial charge in [-0.3, -0.25) is 9.59 Å². The van der Waals surface area contributed by atoms with Crippen LogP contribution in [0.3, 0.4) is 0 Å². The van der Waals surface area contributed by atoms with Gasteiger partial charge in [-0.05, 0) is 59.9 Å². The van der Waals surface area contributed by atoms with Crippen LogP contribution in [-0.2, 0) is 9.59 Å². The van der Waals surface area contributed by atoms with Crippen molar-refractivity contribution >= 4 is 33.8 Å². The number of nitrogens with one attached hydrogen (secondary N) is 1. The zero-order valence-corrected chi connectivity index (χ0v) is 19.8. The summed E-state index contributed by atoms with van der Waals surface area (Å²) in [5, 5.41) is 5.97. The molecular weight excluding hydrogens is 426 g/mol. The van der Waals surface area contributed by atoms with Crippen molar-refractivity contribution in [2.24, 2.45) is 5.92 Å². The van der Waals surface area contributed by atoms with E-state index in [4.69, 9.17) is 9.47 Å². The number of hydrogen-bond donors (Lipinski definition) is 1. The van der Waals surface area contributed by atoms with Crippen molar-refractivity contribution < 1.29 is 19.1 Å². The van der Waals surface area contributed by atoms with E-state index in [1.807, 2.05) is 31.2 Å². The molecule has 3 aromatic carbocycles. The Balaban J connectivity index is 1.63. The maximum Gasteiger partial charge on any atom is 0.313 e. The van der Waals surface area contributed by atoms with E-state index in [2.05, 4.69) is 29.6 Å². The highest BCUT2D eigenvalue weighted by Crippen LogP contribution is 2.48. The molecule has 0 bridgehead atoms. The molecule has 5 nitrogen and oxygen atoms in total. The third kappa shape index (κ3) is 3.85. The molecule has 1 unspecified atom stereocenters. The number of hydrogen-bond acceptors (Lipinski definition) is 5. The molecule has 0 aromatic heterocycles. The molecular formula is C29H29NO4. The predicted molar refractivity (Wildman–Crippen MR) is 134 cm³/mol. The number of allylic oxidation sites excluding steroid dienone is 1. The van der Waals surface area contributed by atoms with E-state index in [-0.39, 0.29) is 23.7 Å². The number of Topliss-reactive ketones (excluding diaryl/α,β-unsaturated/α-hetero) is 1. The summed E-state index contributed by atoms with van der Waals surface area (Å²) in [5.74, 6) is 0.539. The zero-order chi connectivity index (χ0) is 23.8. The molecule has 0 saturated carbocycles. The fraction of sp³-hybridized carbons (Fsp3) is 0.310. The number of carbonyl (C=O) groups excluding carboxylic acids is 2. The fourth-order valence-corrected chi connectivity index (χ4v) is 4.94. The molecule has 3 aromatic rings. The van der Waals surface area contributed by atoms with Crippen molar-refractivity contribution in [1.29, 1.82) is 0 Å². The van der Waals surface area contributed by atoms with Crippen LogP contribution < -0.4 is 14.8 Å². The third-order valence-corrected chi connectivity index (χ3v) is 6.56. The molecule has 5 heteroatoms. The molecule has 1 aliphatic heterocycles. The second-order valence-electron chi connectivity index (χ2n) is 9.17. The van der Waals surface area contributed by atoms with Gasteiger partial charge in [0.2, 0.25) is 0 Å². The Morgan fingerprint density at radius 2 is 1.88 bits per heavy atom. The molecule has 1 N–H and O–H groups in total. The first-order valence-electron chi connectivity index (χ1n) is 12.0. The number of ketones is 1. The van der Waals surface area contributed by atoms with Crippen molar-refractivity contribution in [3.05, 3.63) is 71.3 Å². The molecule has 0 spiro atoms. The first-order chi connectivity index (χ1) is 16.5. The standard InChI is InChI=1S/C29H29NO4/c1-4-33-25-16-19(13-15-24(25)34-29(32)17(2)3)28-27-21(10-7-11-23(27)31)26-20-9-6-5-8-18(20)12-14-22(26)30-28/h5-6,8-9,12-17,28,30H,4,7,10-11H2,1-3H3. The van der Waals surface area contributed by atoms with Crippen LogP contribution in [0.15, 0.2) is 60.2 Å². The first-order valence-corrected chi connectivity index (χ1v) is 12.0. The second-order valence-corrected chi connectivity index (χ2v) is 9.17. The lowest BCUT2D eigenvalue weighted by Gasteiger charge is -2.35. The minimum absolute atomic E-state index is 0.186. The summed E-state index contributed by atoms with van der Waals surface area (Å²) in [6.45, 7) is 5.93. The number of anilines is 1. The van der Waals surface area contributed by atoms with Crippen molar-refractivity contribution in [3.8, 4) is 11.5 Å². The van der Waals surface area contributed by atoms with Gasteiger partial charge in [-0.2, -0.15) is 0 Å². The van der Waals surface area contributed by atoms with Gasteiger partial charge in [0.1, 0.15) is 0 Å². The average molecular weight is 456 g/mol. The molecule has 34 heavy (non-hydrogen) atoms. The summed E-state index contributed by atoms with van der Waals surface area (Å²) in [6, 6.07) is 17.8. The number of rotatable bonds is 5. The monoisotopic (exact) mass is 455 g/mol. The van der Waals surface area contributed by atoms with Gasteiger partial charge in [0, 0.05) is 23.2 Å². The number of fused-ring (bicyclic) bond motifs is 4. The van der Waals surface area contributed by atoms with Gasteiger partial charge in [-0.1, -0.05) is 50.2 Å². The molecule has 5 rings (SSSR count). The topological polar surface area (TPSA) is 64.6 Å². The Morgan fingerprint density at radius 1 is 1.06 bits per heavy atom. The summed E-state index contributed by atoms with van der Waals surface area (Å²) >= 11 is 0. The van der Waals surface area contributed by atoms with Gasteiger partial charge in [0.05, 0.1) is 18.6 Å². The summed E-state index contributed by atoms with van der Waals surface area (Å²) in [5.41, 5.74) is 5.06. The number of esters is 1. The second kappa shape index (κ2) is 8.98. The van der Waals surface area contributed by atoms with E-state index in [0.29, 0.717) is 24.5 Å². The van der Waals surface area contributed by atoms with Crippen LogP contribution in [0.25, 0.3) is 16.3 Å². The maximum atomic E-state index is 13.3. The van der Waals surface area contributed by atoms with Crippen LogP contribution in [-0.4, -0.2) is 18.4 Å². The van der Waals surface area contributed by atoms with E-state index in [0.717, 1.165) is 40.8 Å². The van der Waals surface area contributed by atoms with Gasteiger partial charge >= 0.3 is 5.97 Å². The van der Waals surface area contributed by atoms with Crippen LogP contribution >= 0.6 is 0 Å². The molecule has 1 heterocycles. The van der Waals surface area contributed by atoms with Gasteiger partial charge in [0.25, 0.3) is 0 Å². The summed E-state index contributed by atoms with van der Waals surface area (Å²) < 4.78 is 11.4. The van der Waals surface area contributed by atoms with Crippen molar-refractivity contribution in [1.82, 2.24) is 0 Å². The molecule has 1 atom stereocenters. The Labute approximate surface area is 199 Å². The van der Waals surface area contributed by atoms with Crippen LogP contribution in [0.5, 0.6) is 11.5 Å². The minimum Gasteiger partial charge on any atom is -0.490 e. The predicted octanol–water partition coefficient (Wildman–Crippen LogP) is 6.47. The van der Waals surface area contributed by atoms with Gasteiger partial charge in [-0.15, -0.1) is 0 Å². The van der Waals surface area contributed by atoms with Crippen molar-refractivity contribution in [2.75, 3.05) is 11.9 Å². The Hall–Kier alpha value is -3.60. The molecule has 2 aliphatic rings. The van der Waals surface area contributed by atoms with Crippen molar-refractivity contribution in [3.63, 3.8) is 0 Å². The molecule has 0 saturated heterocycles. The minimum atomic E-state index is -0.308. The lowest BCUT2D eigenvalue weighted by Crippen LogP contribution is -2.27. The van der Waals surface area contributed by atoms with Crippen LogP contribution in [0, 0.1) is 5.92 Å². The quantitative estimate of drug-likeness (QED) is 0.353. The van der Waals surface area contributed by atoms with Crippen molar-refractivity contribution in [2.45, 2.75) is 46.1 Å². The molecule has 0 amide bonds. The Morgan fingerprint density at radius 3 is 2.68 bits per heavy atom. The number of benzene rings is 3. The molecule has 0 fully saturated rings. The van der Waals surface area contributed by atoms with E-state index >= 15 is 0 Å². The highest BCUT2D eigenvalue weighted by atomic mass is 16.6. The van der Waals surface area contributed by atoms with Crippen LogP contribution in [0.1, 0.15) is 57.2 Å². The van der Waals surface area contributed by atoms with Crippen LogP contribution in [0.2, 0.25) is 0 Å². The normalized spacial score (nSPS) is 17.3. The summed E-state index contributed by atoms with van der Waals surface area (Å²) in [4.78, 5) is 25.4. The average Bonchev–Trinajstić information content (AvgIpc) is 2.84. The SMILES string of the molecule is CCOc1cc(C2Nc3ccc4ccccc4c3C3=C2C(=O)CCC3)ccc1OC(=O)C(C)C.